The maximum absolute atomic E-state index is 13.2. The lowest BCUT2D eigenvalue weighted by molar-refractivity contribution is -0.135. The number of aryl methyl sites for hydroxylation is 1. The molecular formula is C19H27N5O2. The number of hydrogen-bond donors (Lipinski definition) is 1. The van der Waals surface area contributed by atoms with Gasteiger partial charge in [-0.15, -0.1) is 0 Å². The molecule has 2 saturated heterocycles. The minimum absolute atomic E-state index is 0.0872. The molecule has 4 rings (SSSR count). The molecule has 1 atom stereocenters. The molecule has 7 nitrogen and oxygen atoms in total. The Balaban J connectivity index is 1.56. The van der Waals surface area contributed by atoms with E-state index in [4.69, 9.17) is 5.73 Å². The van der Waals surface area contributed by atoms with Gasteiger partial charge in [0.05, 0.1) is 5.41 Å². The topological polar surface area (TPSA) is 92.4 Å². The van der Waals surface area contributed by atoms with Crippen molar-refractivity contribution in [3.63, 3.8) is 0 Å². The molecule has 1 unspecified atom stereocenters. The van der Waals surface area contributed by atoms with Gasteiger partial charge in [0.25, 0.3) is 5.91 Å². The van der Waals surface area contributed by atoms with Crippen molar-refractivity contribution < 1.29 is 9.59 Å². The van der Waals surface area contributed by atoms with Crippen molar-refractivity contribution in [2.45, 2.75) is 51.9 Å². The minimum atomic E-state index is -0.385. The molecule has 0 radical (unpaired) electrons. The first-order valence-electron chi connectivity index (χ1n) is 9.78. The van der Waals surface area contributed by atoms with Crippen LogP contribution in [0.1, 0.15) is 60.8 Å². The molecule has 0 bridgehead atoms. The van der Waals surface area contributed by atoms with Crippen LogP contribution in [0.5, 0.6) is 0 Å². The Hall–Kier alpha value is -2.18. The van der Waals surface area contributed by atoms with E-state index in [0.717, 1.165) is 69.3 Å². The lowest BCUT2D eigenvalue weighted by Gasteiger charge is -2.24. The summed E-state index contributed by atoms with van der Waals surface area (Å²) < 4.78 is 0. The normalized spacial score (nSPS) is 25.2. The Labute approximate surface area is 154 Å². The van der Waals surface area contributed by atoms with E-state index in [2.05, 4.69) is 16.9 Å². The maximum Gasteiger partial charge on any atom is 0.272 e. The number of rotatable bonds is 3. The summed E-state index contributed by atoms with van der Waals surface area (Å²) in [4.78, 5) is 38.4. The molecule has 1 spiro atoms. The molecule has 2 aliphatic heterocycles. The summed E-state index contributed by atoms with van der Waals surface area (Å²) >= 11 is 0. The van der Waals surface area contributed by atoms with Gasteiger partial charge in [-0.05, 0) is 44.9 Å². The zero-order valence-electron chi connectivity index (χ0n) is 15.5. The zero-order valence-corrected chi connectivity index (χ0v) is 15.5. The van der Waals surface area contributed by atoms with Crippen molar-refractivity contribution in [3.8, 4) is 0 Å². The standard InChI is InChI=1S/C19H27N5O2/c1-2-9-23-10-7-19(17(23)26)8-11-24(12-19)16(25)15-13-5-3-4-6-14(13)21-18(20)22-15/h2-12H2,1H3,(H2,20,21,22). The van der Waals surface area contributed by atoms with Gasteiger partial charge in [-0.3, -0.25) is 9.59 Å². The molecule has 3 heterocycles. The van der Waals surface area contributed by atoms with Crippen LogP contribution in [-0.4, -0.2) is 57.8 Å². The van der Waals surface area contributed by atoms with E-state index < -0.39 is 0 Å². The fourth-order valence-electron chi connectivity index (χ4n) is 4.74. The molecule has 3 aliphatic rings. The van der Waals surface area contributed by atoms with Crippen molar-refractivity contribution >= 4 is 17.8 Å². The van der Waals surface area contributed by atoms with Crippen LogP contribution in [0.15, 0.2) is 0 Å². The average molecular weight is 357 g/mol. The maximum atomic E-state index is 13.2. The van der Waals surface area contributed by atoms with E-state index in [1.165, 1.54) is 0 Å². The van der Waals surface area contributed by atoms with Crippen LogP contribution < -0.4 is 5.73 Å². The number of anilines is 1. The van der Waals surface area contributed by atoms with Crippen LogP contribution in [0.4, 0.5) is 5.95 Å². The Kier molecular flexibility index (Phi) is 4.32. The summed E-state index contributed by atoms with van der Waals surface area (Å²) in [6, 6.07) is 0. The molecule has 0 saturated carbocycles. The third-order valence-electron chi connectivity index (χ3n) is 6.14. The molecule has 140 valence electrons. The molecule has 26 heavy (non-hydrogen) atoms. The highest BCUT2D eigenvalue weighted by atomic mass is 16.2. The molecule has 2 N–H and O–H groups in total. The first-order valence-corrected chi connectivity index (χ1v) is 9.78. The summed E-state index contributed by atoms with van der Waals surface area (Å²) in [6.07, 6.45) is 6.38. The van der Waals surface area contributed by atoms with E-state index in [9.17, 15) is 9.59 Å². The molecular weight excluding hydrogens is 330 g/mol. The molecule has 2 amide bonds. The molecule has 1 aromatic heterocycles. The van der Waals surface area contributed by atoms with Crippen LogP contribution in [-0.2, 0) is 17.6 Å². The van der Waals surface area contributed by atoms with Gasteiger partial charge < -0.3 is 15.5 Å². The number of aromatic nitrogens is 2. The average Bonchev–Trinajstić information content (AvgIpc) is 3.20. The zero-order chi connectivity index (χ0) is 18.3. The van der Waals surface area contributed by atoms with Gasteiger partial charge in [0.2, 0.25) is 11.9 Å². The Morgan fingerprint density at radius 3 is 2.77 bits per heavy atom. The Morgan fingerprint density at radius 2 is 1.96 bits per heavy atom. The summed E-state index contributed by atoms with van der Waals surface area (Å²) in [5, 5.41) is 0. The molecule has 0 aromatic carbocycles. The number of nitrogen functional groups attached to an aromatic ring is 1. The van der Waals surface area contributed by atoms with Crippen molar-refractivity contribution in [1.29, 1.82) is 0 Å². The van der Waals surface area contributed by atoms with Crippen molar-refractivity contribution in [2.24, 2.45) is 5.41 Å². The van der Waals surface area contributed by atoms with E-state index in [1.54, 1.807) is 0 Å². The highest BCUT2D eigenvalue weighted by Crippen LogP contribution is 2.41. The van der Waals surface area contributed by atoms with Crippen molar-refractivity contribution in [3.05, 3.63) is 17.0 Å². The summed E-state index contributed by atoms with van der Waals surface area (Å²) in [6.45, 7) is 4.83. The first-order chi connectivity index (χ1) is 12.5. The predicted molar refractivity (Wildman–Crippen MR) is 97.5 cm³/mol. The number of hydrogen-bond acceptors (Lipinski definition) is 5. The van der Waals surface area contributed by atoms with E-state index >= 15 is 0 Å². The van der Waals surface area contributed by atoms with E-state index in [-0.39, 0.29) is 23.2 Å². The van der Waals surface area contributed by atoms with Crippen LogP contribution >= 0.6 is 0 Å². The number of amides is 2. The van der Waals surface area contributed by atoms with E-state index in [0.29, 0.717) is 18.8 Å². The highest BCUT2D eigenvalue weighted by Gasteiger charge is 2.51. The number of nitrogens with two attached hydrogens (primary N) is 1. The van der Waals surface area contributed by atoms with Gasteiger partial charge in [-0.25, -0.2) is 9.97 Å². The fraction of sp³-hybridized carbons (Fsp3) is 0.684. The van der Waals surface area contributed by atoms with Crippen LogP contribution in [0, 0.1) is 5.41 Å². The number of carbonyl (C=O) groups is 2. The minimum Gasteiger partial charge on any atom is -0.368 e. The second kappa shape index (κ2) is 6.52. The monoisotopic (exact) mass is 357 g/mol. The summed E-state index contributed by atoms with van der Waals surface area (Å²) in [5.74, 6) is 0.309. The third-order valence-corrected chi connectivity index (χ3v) is 6.14. The van der Waals surface area contributed by atoms with Crippen LogP contribution in [0.2, 0.25) is 0 Å². The van der Waals surface area contributed by atoms with E-state index in [1.807, 2.05) is 9.80 Å². The molecule has 2 fully saturated rings. The molecule has 7 heteroatoms. The van der Waals surface area contributed by atoms with Gasteiger partial charge in [-0.2, -0.15) is 0 Å². The second-order valence-electron chi connectivity index (χ2n) is 7.86. The lowest BCUT2D eigenvalue weighted by Crippen LogP contribution is -2.39. The van der Waals surface area contributed by atoms with Gasteiger partial charge in [0.1, 0.15) is 5.69 Å². The van der Waals surface area contributed by atoms with Gasteiger partial charge in [-0.1, -0.05) is 6.92 Å². The highest BCUT2D eigenvalue weighted by molar-refractivity contribution is 5.96. The summed E-state index contributed by atoms with van der Waals surface area (Å²) in [7, 11) is 0. The smallest absolute Gasteiger partial charge is 0.272 e. The van der Waals surface area contributed by atoms with Gasteiger partial charge in [0, 0.05) is 37.4 Å². The number of likely N-dealkylation sites (tertiary alicyclic amines) is 2. The van der Waals surface area contributed by atoms with Crippen LogP contribution in [0.3, 0.4) is 0 Å². The lowest BCUT2D eigenvalue weighted by atomic mass is 9.85. The third kappa shape index (κ3) is 2.73. The van der Waals surface area contributed by atoms with Gasteiger partial charge >= 0.3 is 0 Å². The Bertz CT molecular complexity index is 750. The number of nitrogens with zero attached hydrogens (tertiary/aromatic N) is 4. The van der Waals surface area contributed by atoms with Crippen molar-refractivity contribution in [2.75, 3.05) is 31.9 Å². The van der Waals surface area contributed by atoms with Crippen molar-refractivity contribution in [1.82, 2.24) is 19.8 Å². The Morgan fingerprint density at radius 1 is 1.19 bits per heavy atom. The molecule has 1 aromatic rings. The number of fused-ring (bicyclic) bond motifs is 1. The summed E-state index contributed by atoms with van der Waals surface area (Å²) in [5.41, 5.74) is 7.81. The fourth-order valence-corrected chi connectivity index (χ4v) is 4.74. The second-order valence-corrected chi connectivity index (χ2v) is 7.86. The molecule has 1 aliphatic carbocycles. The number of carbonyl (C=O) groups excluding carboxylic acids is 2. The van der Waals surface area contributed by atoms with Gasteiger partial charge in [0.15, 0.2) is 0 Å². The van der Waals surface area contributed by atoms with Crippen LogP contribution in [0.25, 0.3) is 0 Å². The quantitative estimate of drug-likeness (QED) is 0.883. The predicted octanol–water partition coefficient (Wildman–Crippen LogP) is 1.41. The largest absolute Gasteiger partial charge is 0.368 e. The first kappa shape index (κ1) is 17.2. The SMILES string of the molecule is CCCN1CCC2(CCN(C(=O)c3nc(N)nc4c3CCCC4)C2)C1=O.